The maximum atomic E-state index is 11.4. The van der Waals surface area contributed by atoms with Gasteiger partial charge in [0.05, 0.1) is 6.54 Å². The van der Waals surface area contributed by atoms with E-state index in [2.05, 4.69) is 17.4 Å². The number of nitrogens with one attached hydrogen (secondary N) is 1. The number of rotatable bonds is 3. The maximum Gasteiger partial charge on any atom is 0.245 e. The van der Waals surface area contributed by atoms with Gasteiger partial charge in [-0.1, -0.05) is 30.3 Å². The van der Waals surface area contributed by atoms with Gasteiger partial charge in [-0.15, -0.1) is 0 Å². The number of hydrogen-bond donors (Lipinski definition) is 1. The Labute approximate surface area is 89.4 Å². The number of hydrogen-bond acceptors (Lipinski definition) is 2. The van der Waals surface area contributed by atoms with E-state index in [0.29, 0.717) is 6.54 Å². The molecule has 3 nitrogen and oxygen atoms in total. The van der Waals surface area contributed by atoms with E-state index < -0.39 is 0 Å². The lowest BCUT2D eigenvalue weighted by atomic mass is 10.1. The van der Waals surface area contributed by atoms with E-state index in [4.69, 9.17) is 0 Å². The summed E-state index contributed by atoms with van der Waals surface area (Å²) in [4.78, 5) is 13.2. The van der Waals surface area contributed by atoms with Crippen LogP contribution in [0.5, 0.6) is 0 Å². The van der Waals surface area contributed by atoms with Gasteiger partial charge >= 0.3 is 0 Å². The Morgan fingerprint density at radius 2 is 2.07 bits per heavy atom. The third kappa shape index (κ3) is 2.59. The van der Waals surface area contributed by atoms with Gasteiger partial charge in [0, 0.05) is 18.9 Å². The molecule has 0 saturated heterocycles. The highest BCUT2D eigenvalue weighted by molar-refractivity contribution is 5.80. The molecule has 1 aliphatic heterocycles. The molecule has 0 aliphatic carbocycles. The van der Waals surface area contributed by atoms with Crippen LogP contribution in [0, 0.1) is 0 Å². The molecule has 0 aromatic heterocycles. The van der Waals surface area contributed by atoms with Gasteiger partial charge in [0.15, 0.2) is 0 Å². The van der Waals surface area contributed by atoms with E-state index in [0.717, 1.165) is 13.0 Å². The number of carbonyl (C=O) groups is 1. The maximum absolute atomic E-state index is 11.4. The second-order valence-electron chi connectivity index (χ2n) is 3.52. The fourth-order valence-electron chi connectivity index (χ4n) is 1.57. The Bertz CT molecular complexity index is 359. The summed E-state index contributed by atoms with van der Waals surface area (Å²) in [6, 6.07) is 10.2. The Morgan fingerprint density at radius 1 is 1.27 bits per heavy atom. The molecule has 0 atom stereocenters. The first-order valence-corrected chi connectivity index (χ1v) is 5.10. The lowest BCUT2D eigenvalue weighted by Gasteiger charge is -2.21. The van der Waals surface area contributed by atoms with Crippen LogP contribution in [0.4, 0.5) is 0 Å². The minimum absolute atomic E-state index is 0.133. The van der Waals surface area contributed by atoms with E-state index in [1.54, 1.807) is 11.1 Å². The van der Waals surface area contributed by atoms with Crippen molar-refractivity contribution in [3.05, 3.63) is 48.3 Å². The van der Waals surface area contributed by atoms with Gasteiger partial charge < -0.3 is 10.2 Å². The van der Waals surface area contributed by atoms with Crippen LogP contribution in [0.15, 0.2) is 42.7 Å². The number of nitrogens with zero attached hydrogens (tertiary/aromatic N) is 1. The first-order chi connectivity index (χ1) is 7.36. The molecule has 1 aliphatic rings. The lowest BCUT2D eigenvalue weighted by Crippen LogP contribution is -2.38. The Kier molecular flexibility index (Phi) is 3.02. The zero-order valence-corrected chi connectivity index (χ0v) is 8.52. The quantitative estimate of drug-likeness (QED) is 0.797. The van der Waals surface area contributed by atoms with Gasteiger partial charge in [-0.2, -0.15) is 0 Å². The van der Waals surface area contributed by atoms with Gasteiger partial charge in [0.25, 0.3) is 0 Å². The zero-order valence-electron chi connectivity index (χ0n) is 8.52. The van der Waals surface area contributed by atoms with Crippen LogP contribution in [-0.2, 0) is 11.2 Å². The van der Waals surface area contributed by atoms with Crippen molar-refractivity contribution < 1.29 is 4.79 Å². The van der Waals surface area contributed by atoms with Crippen LogP contribution in [0.2, 0.25) is 0 Å². The fraction of sp³-hybridized carbons (Fsp3) is 0.250. The molecular weight excluding hydrogens is 188 g/mol. The van der Waals surface area contributed by atoms with Crippen LogP contribution < -0.4 is 5.32 Å². The van der Waals surface area contributed by atoms with Crippen LogP contribution >= 0.6 is 0 Å². The molecule has 1 aromatic rings. The first kappa shape index (κ1) is 9.77. The van der Waals surface area contributed by atoms with Gasteiger partial charge in [-0.05, 0) is 12.0 Å². The molecule has 78 valence electrons. The molecular formula is C12H14N2O. The summed E-state index contributed by atoms with van der Waals surface area (Å²) in [5, 5.41) is 2.89. The summed E-state index contributed by atoms with van der Waals surface area (Å²) in [6.45, 7) is 1.16. The predicted octanol–water partition coefficient (Wildman–Crippen LogP) is 1.13. The fourth-order valence-corrected chi connectivity index (χ4v) is 1.57. The Morgan fingerprint density at radius 3 is 2.80 bits per heavy atom. The number of benzene rings is 1. The second-order valence-corrected chi connectivity index (χ2v) is 3.52. The van der Waals surface area contributed by atoms with Crippen LogP contribution in [0.3, 0.4) is 0 Å². The molecule has 2 rings (SSSR count). The summed E-state index contributed by atoms with van der Waals surface area (Å²) in [5.41, 5.74) is 1.26. The lowest BCUT2D eigenvalue weighted by molar-refractivity contribution is -0.128. The molecule has 1 N–H and O–H groups in total. The van der Waals surface area contributed by atoms with E-state index in [1.807, 2.05) is 24.4 Å². The van der Waals surface area contributed by atoms with Crippen LogP contribution in [0.25, 0.3) is 0 Å². The van der Waals surface area contributed by atoms with E-state index >= 15 is 0 Å². The Balaban J connectivity index is 1.90. The monoisotopic (exact) mass is 202 g/mol. The van der Waals surface area contributed by atoms with Crippen molar-refractivity contribution in [3.8, 4) is 0 Å². The van der Waals surface area contributed by atoms with Gasteiger partial charge in [0.2, 0.25) is 5.91 Å². The summed E-state index contributed by atoms with van der Waals surface area (Å²) in [6.07, 6.45) is 4.51. The summed E-state index contributed by atoms with van der Waals surface area (Å²) in [7, 11) is 0. The second kappa shape index (κ2) is 4.64. The largest absolute Gasteiger partial charge is 0.381 e. The molecule has 0 fully saturated rings. The summed E-state index contributed by atoms with van der Waals surface area (Å²) >= 11 is 0. The van der Waals surface area contributed by atoms with Crippen LogP contribution in [0.1, 0.15) is 5.56 Å². The predicted molar refractivity (Wildman–Crippen MR) is 59.0 cm³/mol. The summed E-state index contributed by atoms with van der Waals surface area (Å²) in [5.74, 6) is 0.133. The molecule has 15 heavy (non-hydrogen) atoms. The topological polar surface area (TPSA) is 32.3 Å². The highest BCUT2D eigenvalue weighted by Crippen LogP contribution is 2.03. The van der Waals surface area contributed by atoms with E-state index in [9.17, 15) is 4.79 Å². The number of carbonyl (C=O) groups excluding carboxylic acids is 1. The minimum Gasteiger partial charge on any atom is -0.381 e. The normalized spacial score (nSPS) is 15.2. The molecule has 1 heterocycles. The van der Waals surface area contributed by atoms with Gasteiger partial charge in [-0.3, -0.25) is 4.79 Å². The average Bonchev–Trinajstić information content (AvgIpc) is 2.29. The highest BCUT2D eigenvalue weighted by atomic mass is 16.2. The SMILES string of the molecule is O=C1CNC=CN1CCc1ccccc1. The first-order valence-electron chi connectivity index (χ1n) is 5.10. The third-order valence-corrected chi connectivity index (χ3v) is 2.43. The molecule has 0 radical (unpaired) electrons. The molecule has 0 unspecified atom stereocenters. The van der Waals surface area contributed by atoms with Crippen molar-refractivity contribution in [2.45, 2.75) is 6.42 Å². The van der Waals surface area contributed by atoms with E-state index in [-0.39, 0.29) is 5.91 Å². The molecule has 0 bridgehead atoms. The molecule has 0 saturated carbocycles. The molecule has 1 aromatic carbocycles. The average molecular weight is 202 g/mol. The van der Waals surface area contributed by atoms with Crippen molar-refractivity contribution in [3.63, 3.8) is 0 Å². The zero-order chi connectivity index (χ0) is 10.5. The third-order valence-electron chi connectivity index (χ3n) is 2.43. The van der Waals surface area contributed by atoms with Crippen molar-refractivity contribution >= 4 is 5.91 Å². The minimum atomic E-state index is 0.133. The summed E-state index contributed by atoms with van der Waals surface area (Å²) < 4.78 is 0. The molecule has 3 heteroatoms. The highest BCUT2D eigenvalue weighted by Gasteiger charge is 2.12. The van der Waals surface area contributed by atoms with Crippen molar-refractivity contribution in [1.82, 2.24) is 10.2 Å². The molecule has 1 amide bonds. The van der Waals surface area contributed by atoms with Crippen LogP contribution in [-0.4, -0.2) is 23.9 Å². The number of amides is 1. The van der Waals surface area contributed by atoms with Gasteiger partial charge in [0.1, 0.15) is 0 Å². The van der Waals surface area contributed by atoms with Crippen molar-refractivity contribution in [2.75, 3.05) is 13.1 Å². The van der Waals surface area contributed by atoms with Gasteiger partial charge in [-0.25, -0.2) is 0 Å². The van der Waals surface area contributed by atoms with E-state index in [1.165, 1.54) is 5.56 Å². The molecule has 0 spiro atoms. The Hall–Kier alpha value is -1.77. The van der Waals surface area contributed by atoms with Crippen molar-refractivity contribution in [1.29, 1.82) is 0 Å². The smallest absolute Gasteiger partial charge is 0.245 e. The van der Waals surface area contributed by atoms with Crippen molar-refractivity contribution in [2.24, 2.45) is 0 Å². The standard InChI is InChI=1S/C12H14N2O/c15-12-10-13-7-9-14(12)8-6-11-4-2-1-3-5-11/h1-5,7,9,13H,6,8,10H2.